The van der Waals surface area contributed by atoms with Gasteiger partial charge in [-0.05, 0) is 48.9 Å². The molecular weight excluding hydrogens is 384 g/mol. The number of halogens is 1. The molecule has 0 spiro atoms. The molecule has 1 N–H and O–H groups in total. The van der Waals surface area contributed by atoms with Gasteiger partial charge in [0.25, 0.3) is 5.91 Å². The van der Waals surface area contributed by atoms with Gasteiger partial charge in [0.2, 0.25) is 0 Å². The van der Waals surface area contributed by atoms with Crippen molar-refractivity contribution in [2.24, 2.45) is 0 Å². The molecule has 2 rings (SSSR count). The molecular formula is C19H15BrN2O3. The summed E-state index contributed by atoms with van der Waals surface area (Å²) in [4.78, 5) is 23.9. The van der Waals surface area contributed by atoms with E-state index in [4.69, 9.17) is 10.00 Å². The molecule has 1 amide bonds. The Balaban J connectivity index is 1.90. The summed E-state index contributed by atoms with van der Waals surface area (Å²) in [6.07, 6.45) is 1.93. The average Bonchev–Trinajstić information content (AvgIpc) is 2.61. The third-order valence-corrected chi connectivity index (χ3v) is 3.97. The van der Waals surface area contributed by atoms with Crippen molar-refractivity contribution in [2.45, 2.75) is 13.0 Å². The van der Waals surface area contributed by atoms with E-state index >= 15 is 0 Å². The van der Waals surface area contributed by atoms with Crippen molar-refractivity contribution >= 4 is 39.6 Å². The lowest BCUT2D eigenvalue weighted by Gasteiger charge is -2.12. The van der Waals surface area contributed by atoms with Gasteiger partial charge in [0, 0.05) is 16.2 Å². The van der Waals surface area contributed by atoms with E-state index in [0.29, 0.717) is 11.3 Å². The average molecular weight is 399 g/mol. The fourth-order valence-corrected chi connectivity index (χ4v) is 2.32. The number of amides is 1. The van der Waals surface area contributed by atoms with Gasteiger partial charge in [-0.25, -0.2) is 4.79 Å². The highest BCUT2D eigenvalue weighted by atomic mass is 79.9. The maximum atomic E-state index is 12.0. The van der Waals surface area contributed by atoms with E-state index in [0.717, 1.165) is 10.0 Å². The zero-order valence-electron chi connectivity index (χ0n) is 13.4. The number of nitrogens with zero attached hydrogens (tertiary/aromatic N) is 1. The molecule has 0 unspecified atom stereocenters. The first-order valence-electron chi connectivity index (χ1n) is 7.44. The van der Waals surface area contributed by atoms with Crippen LogP contribution in [0.15, 0.2) is 59.1 Å². The fourth-order valence-electron chi connectivity index (χ4n) is 1.91. The number of nitriles is 1. The normalized spacial score (nSPS) is 11.6. The van der Waals surface area contributed by atoms with Crippen LogP contribution in [0.4, 0.5) is 5.69 Å². The van der Waals surface area contributed by atoms with Gasteiger partial charge >= 0.3 is 5.97 Å². The Morgan fingerprint density at radius 1 is 1.20 bits per heavy atom. The first kappa shape index (κ1) is 18.4. The third kappa shape index (κ3) is 5.59. The minimum absolute atomic E-state index is 0.452. The van der Waals surface area contributed by atoms with Gasteiger partial charge in [-0.3, -0.25) is 4.79 Å². The highest BCUT2D eigenvalue weighted by Gasteiger charge is 2.16. The molecule has 0 saturated heterocycles. The fraction of sp³-hybridized carbons (Fsp3) is 0.105. The van der Waals surface area contributed by atoms with E-state index in [1.807, 2.05) is 30.3 Å². The van der Waals surface area contributed by atoms with E-state index < -0.39 is 18.0 Å². The second-order valence-corrected chi connectivity index (χ2v) is 5.97. The second-order valence-electron chi connectivity index (χ2n) is 5.11. The zero-order valence-corrected chi connectivity index (χ0v) is 15.0. The van der Waals surface area contributed by atoms with Crippen LogP contribution in [0, 0.1) is 11.3 Å². The van der Waals surface area contributed by atoms with Crippen LogP contribution < -0.4 is 5.32 Å². The summed E-state index contributed by atoms with van der Waals surface area (Å²) in [5, 5.41) is 11.4. The molecule has 25 heavy (non-hydrogen) atoms. The van der Waals surface area contributed by atoms with Crippen molar-refractivity contribution < 1.29 is 14.3 Å². The van der Waals surface area contributed by atoms with Crippen LogP contribution in [-0.4, -0.2) is 18.0 Å². The number of hydrogen-bond donors (Lipinski definition) is 1. The molecule has 0 aliphatic heterocycles. The summed E-state index contributed by atoms with van der Waals surface area (Å²) in [7, 11) is 0. The molecule has 5 nitrogen and oxygen atoms in total. The molecule has 0 fully saturated rings. The predicted octanol–water partition coefficient (Wildman–Crippen LogP) is 3.90. The van der Waals surface area contributed by atoms with E-state index in [1.54, 1.807) is 30.3 Å². The van der Waals surface area contributed by atoms with Crippen LogP contribution in [-0.2, 0) is 14.3 Å². The van der Waals surface area contributed by atoms with Crippen LogP contribution in [0.5, 0.6) is 0 Å². The highest BCUT2D eigenvalue weighted by Crippen LogP contribution is 2.17. The topological polar surface area (TPSA) is 79.2 Å². The van der Waals surface area contributed by atoms with Gasteiger partial charge in [-0.1, -0.05) is 34.1 Å². The minimum atomic E-state index is -0.952. The Kier molecular flexibility index (Phi) is 6.49. The van der Waals surface area contributed by atoms with Gasteiger partial charge in [-0.2, -0.15) is 5.26 Å². The zero-order chi connectivity index (χ0) is 18.2. The van der Waals surface area contributed by atoms with E-state index in [9.17, 15) is 9.59 Å². The number of anilines is 1. The minimum Gasteiger partial charge on any atom is -0.449 e. The Bertz CT molecular complexity index is 838. The van der Waals surface area contributed by atoms with Crippen molar-refractivity contribution in [1.29, 1.82) is 5.26 Å². The molecule has 0 radical (unpaired) electrons. The summed E-state index contributed by atoms with van der Waals surface area (Å²) >= 11 is 3.38. The van der Waals surface area contributed by atoms with Gasteiger partial charge in [0.05, 0.1) is 11.6 Å². The maximum absolute atomic E-state index is 12.0. The molecule has 0 bridgehead atoms. The number of esters is 1. The van der Waals surface area contributed by atoms with Gasteiger partial charge in [-0.15, -0.1) is 0 Å². The number of nitrogens with one attached hydrogen (secondary N) is 1. The lowest BCUT2D eigenvalue weighted by Crippen LogP contribution is -2.29. The Hall–Kier alpha value is -2.91. The van der Waals surface area contributed by atoms with Crippen molar-refractivity contribution in [3.05, 3.63) is 70.2 Å². The van der Waals surface area contributed by atoms with Crippen LogP contribution >= 0.6 is 15.9 Å². The summed E-state index contributed by atoms with van der Waals surface area (Å²) in [5.41, 5.74) is 1.85. The number of carbonyl (C=O) groups is 2. The molecule has 0 aliphatic rings. The highest BCUT2D eigenvalue weighted by molar-refractivity contribution is 9.10. The van der Waals surface area contributed by atoms with Crippen molar-refractivity contribution in [2.75, 3.05) is 5.32 Å². The number of rotatable bonds is 5. The Morgan fingerprint density at radius 3 is 2.52 bits per heavy atom. The largest absolute Gasteiger partial charge is 0.449 e. The van der Waals surface area contributed by atoms with Gasteiger partial charge in [0.15, 0.2) is 6.10 Å². The first-order valence-corrected chi connectivity index (χ1v) is 8.23. The molecule has 6 heteroatoms. The van der Waals surface area contributed by atoms with E-state index in [-0.39, 0.29) is 0 Å². The number of carbonyl (C=O) groups excluding carboxylic acids is 2. The smallest absolute Gasteiger partial charge is 0.331 e. The monoisotopic (exact) mass is 398 g/mol. The molecule has 0 aromatic heterocycles. The number of benzene rings is 2. The summed E-state index contributed by atoms with van der Waals surface area (Å²) in [5.74, 6) is -1.06. The molecule has 2 aromatic carbocycles. The SMILES string of the molecule is C[C@@H](OC(=O)/C=C/c1ccccc1Br)C(=O)Nc1ccc(C#N)cc1. The summed E-state index contributed by atoms with van der Waals surface area (Å²) in [6, 6.07) is 15.8. The summed E-state index contributed by atoms with van der Waals surface area (Å²) in [6.45, 7) is 1.49. The van der Waals surface area contributed by atoms with Gasteiger partial charge in [0.1, 0.15) is 0 Å². The molecule has 126 valence electrons. The quantitative estimate of drug-likeness (QED) is 0.611. The second kappa shape index (κ2) is 8.81. The Labute approximate surface area is 154 Å². The molecule has 0 aliphatic carbocycles. The van der Waals surface area contributed by atoms with Crippen molar-refractivity contribution in [1.82, 2.24) is 0 Å². The number of ether oxygens (including phenoxy) is 1. The summed E-state index contributed by atoms with van der Waals surface area (Å²) < 4.78 is 5.94. The van der Waals surface area contributed by atoms with Crippen LogP contribution in [0.25, 0.3) is 6.08 Å². The van der Waals surface area contributed by atoms with Crippen LogP contribution in [0.1, 0.15) is 18.1 Å². The third-order valence-electron chi connectivity index (χ3n) is 3.25. The standard InChI is InChI=1S/C19H15BrN2O3/c1-13(19(24)22-16-9-6-14(12-21)7-10-16)25-18(23)11-8-15-4-2-3-5-17(15)20/h2-11,13H,1H3,(H,22,24)/b11-8+/t13-/m1/s1. The Morgan fingerprint density at radius 2 is 1.88 bits per heavy atom. The van der Waals surface area contributed by atoms with Crippen LogP contribution in [0.3, 0.4) is 0 Å². The maximum Gasteiger partial charge on any atom is 0.331 e. The van der Waals surface area contributed by atoms with E-state index in [2.05, 4.69) is 21.2 Å². The van der Waals surface area contributed by atoms with Crippen LogP contribution in [0.2, 0.25) is 0 Å². The molecule has 2 aromatic rings. The van der Waals surface area contributed by atoms with Crippen molar-refractivity contribution in [3.8, 4) is 6.07 Å². The molecule has 0 heterocycles. The molecule has 0 saturated carbocycles. The molecule has 1 atom stereocenters. The first-order chi connectivity index (χ1) is 12.0. The van der Waals surface area contributed by atoms with Crippen molar-refractivity contribution in [3.63, 3.8) is 0 Å². The predicted molar refractivity (Wildman–Crippen MR) is 98.5 cm³/mol. The number of hydrogen-bond acceptors (Lipinski definition) is 4. The van der Waals surface area contributed by atoms with E-state index in [1.165, 1.54) is 13.0 Å². The lowest BCUT2D eigenvalue weighted by molar-refractivity contribution is -0.148. The van der Waals surface area contributed by atoms with Gasteiger partial charge < -0.3 is 10.1 Å². The lowest BCUT2D eigenvalue weighted by atomic mass is 10.2.